The number of rotatable bonds is 0. The normalized spacial score (nSPS) is 7.20. The van der Waals surface area contributed by atoms with Crippen molar-refractivity contribution in [1.82, 2.24) is 0 Å². The molecule has 0 aliphatic carbocycles. The first kappa shape index (κ1) is 29.7. The first-order valence-electron chi connectivity index (χ1n) is 2.51. The first-order valence-corrected chi connectivity index (χ1v) is 3.91. The standard InChI is InChI=1S/2C2H4O2.2Na.H2O4S/c2*1-2(3)4;;;1-5(2,3)4/h2*1H3,(H,3,4);;;(H2,1,2,3,4)/q;;2*+1;/p-2. The Hall–Kier alpha value is 0.810. The molecule has 2 N–H and O–H groups in total. The average molecular weight is 262 g/mol. The molecule has 0 aliphatic heterocycles. The Morgan fingerprint density at radius 2 is 0.933 bits per heavy atom. The van der Waals surface area contributed by atoms with Crippen molar-refractivity contribution in [3.8, 4) is 0 Å². The summed E-state index contributed by atoms with van der Waals surface area (Å²) in [7, 11) is -4.67. The van der Waals surface area contributed by atoms with E-state index in [1.165, 1.54) is 0 Å². The minimum atomic E-state index is -4.67. The average Bonchev–Trinajstić information content (AvgIpc) is 1.50. The third-order valence-electron chi connectivity index (χ3n) is 0. The van der Waals surface area contributed by atoms with Gasteiger partial charge < -0.3 is 19.8 Å². The fourth-order valence-corrected chi connectivity index (χ4v) is 0. The van der Waals surface area contributed by atoms with Crippen LogP contribution in [0.5, 0.6) is 0 Å². The van der Waals surface area contributed by atoms with Crippen LogP contribution in [0.2, 0.25) is 0 Å². The Balaban J connectivity index is -0.0000000315. The van der Waals surface area contributed by atoms with Gasteiger partial charge in [0.1, 0.15) is 0 Å². The Morgan fingerprint density at radius 1 is 0.933 bits per heavy atom. The number of carbonyl (C=O) groups excluding carboxylic acids is 2. The summed E-state index contributed by atoms with van der Waals surface area (Å²) in [5, 5.41) is 17.8. The van der Waals surface area contributed by atoms with Gasteiger partial charge in [0.25, 0.3) is 0 Å². The van der Waals surface area contributed by atoms with Gasteiger partial charge in [-0.1, -0.05) is 0 Å². The minimum absolute atomic E-state index is 0. The third-order valence-corrected chi connectivity index (χ3v) is 0. The van der Waals surface area contributed by atoms with Crippen LogP contribution in [0, 0.1) is 0 Å². The molecular weight excluding hydrogens is 254 g/mol. The molecule has 15 heavy (non-hydrogen) atoms. The fourth-order valence-electron chi connectivity index (χ4n) is 0. The van der Waals surface area contributed by atoms with E-state index in [9.17, 15) is 0 Å². The number of hydrogen-bond acceptors (Lipinski definition) is 6. The molecule has 0 bridgehead atoms. The van der Waals surface area contributed by atoms with Gasteiger partial charge in [0, 0.05) is 11.9 Å². The van der Waals surface area contributed by atoms with Crippen molar-refractivity contribution >= 4 is 22.3 Å². The maximum absolute atomic E-state index is 8.89. The van der Waals surface area contributed by atoms with E-state index in [-0.39, 0.29) is 59.1 Å². The molecule has 0 unspecified atom stereocenters. The summed E-state index contributed by atoms with van der Waals surface area (Å²) in [5.41, 5.74) is 0. The van der Waals surface area contributed by atoms with Gasteiger partial charge in [0.05, 0.1) is 0 Å². The van der Waals surface area contributed by atoms with E-state index >= 15 is 0 Å². The maximum atomic E-state index is 8.89. The van der Waals surface area contributed by atoms with Crippen molar-refractivity contribution in [2.24, 2.45) is 0 Å². The number of carboxylic acids is 2. The van der Waals surface area contributed by atoms with E-state index in [1.54, 1.807) is 0 Å². The Kier molecular flexibility index (Phi) is 34.1. The van der Waals surface area contributed by atoms with E-state index < -0.39 is 22.3 Å². The van der Waals surface area contributed by atoms with E-state index in [2.05, 4.69) is 0 Å². The van der Waals surface area contributed by atoms with Crippen molar-refractivity contribution < 1.29 is 96.4 Å². The summed E-state index contributed by atoms with van der Waals surface area (Å²) >= 11 is 0. The minimum Gasteiger partial charge on any atom is -0.550 e. The SMILES string of the molecule is CC(=O)[O-].CC(=O)[O-].O=S(=O)(O)O.[Na+].[Na+]. The van der Waals surface area contributed by atoms with Crippen molar-refractivity contribution in [2.75, 3.05) is 0 Å². The molecule has 0 heterocycles. The predicted octanol–water partition coefficient (Wildman–Crippen LogP) is -9.13. The maximum Gasteiger partial charge on any atom is 1.00 e. The molecule has 0 rings (SSSR count). The molecule has 0 aromatic rings. The van der Waals surface area contributed by atoms with E-state index in [0.717, 1.165) is 13.8 Å². The van der Waals surface area contributed by atoms with Gasteiger partial charge >= 0.3 is 69.5 Å². The molecule has 8 nitrogen and oxygen atoms in total. The summed E-state index contributed by atoms with van der Waals surface area (Å²) in [4.78, 5) is 17.8. The molecule has 0 aromatic carbocycles. The molecule has 0 aliphatic rings. The molecule has 0 radical (unpaired) electrons. The van der Waals surface area contributed by atoms with Crippen LogP contribution < -0.4 is 69.3 Å². The van der Waals surface area contributed by atoms with E-state index in [1.807, 2.05) is 0 Å². The number of aliphatic carboxylic acids is 2. The molecule has 0 saturated heterocycles. The summed E-state index contributed by atoms with van der Waals surface area (Å²) < 4.78 is 31.6. The second-order valence-corrected chi connectivity index (χ2v) is 2.33. The molecule has 11 heteroatoms. The number of carbonyl (C=O) groups is 2. The van der Waals surface area contributed by atoms with E-state index in [0.29, 0.717) is 0 Å². The van der Waals surface area contributed by atoms with E-state index in [4.69, 9.17) is 37.3 Å². The molecule has 0 atom stereocenters. The van der Waals surface area contributed by atoms with Gasteiger partial charge in [0.2, 0.25) is 0 Å². The zero-order valence-corrected chi connectivity index (χ0v) is 13.6. The topological polar surface area (TPSA) is 155 Å². The summed E-state index contributed by atoms with van der Waals surface area (Å²) in [6.07, 6.45) is 0. The van der Waals surface area contributed by atoms with Gasteiger partial charge in [-0.15, -0.1) is 0 Å². The molecule has 0 amide bonds. The third kappa shape index (κ3) is 3700. The van der Waals surface area contributed by atoms with Crippen LogP contribution in [0.4, 0.5) is 0 Å². The van der Waals surface area contributed by atoms with Crippen LogP contribution in [0.25, 0.3) is 0 Å². The van der Waals surface area contributed by atoms with Gasteiger partial charge in [-0.05, 0) is 13.8 Å². The van der Waals surface area contributed by atoms with Crippen molar-refractivity contribution in [1.29, 1.82) is 0 Å². The quantitative estimate of drug-likeness (QED) is 0.322. The molecule has 0 aromatic heterocycles. The number of carboxylic acid groups (broad SMARTS) is 2. The first-order chi connectivity index (χ1) is 5.46. The summed E-state index contributed by atoms with van der Waals surface area (Å²) in [6.45, 7) is 1.94. The Bertz CT molecular complexity index is 219. The Labute approximate surface area is 131 Å². The van der Waals surface area contributed by atoms with Crippen LogP contribution in [0.3, 0.4) is 0 Å². The zero-order chi connectivity index (χ0) is 11.7. The predicted molar refractivity (Wildman–Crippen MR) is 35.5 cm³/mol. The van der Waals surface area contributed by atoms with Crippen LogP contribution >= 0.6 is 0 Å². The van der Waals surface area contributed by atoms with Crippen molar-refractivity contribution in [3.05, 3.63) is 0 Å². The zero-order valence-electron chi connectivity index (χ0n) is 8.75. The van der Waals surface area contributed by atoms with Crippen molar-refractivity contribution in [2.45, 2.75) is 13.8 Å². The number of hydrogen-bond donors (Lipinski definition) is 2. The summed E-state index contributed by atoms with van der Waals surface area (Å²) in [6, 6.07) is 0. The molecule has 0 saturated carbocycles. The second-order valence-electron chi connectivity index (χ2n) is 1.43. The fraction of sp³-hybridized carbons (Fsp3) is 0.500. The Morgan fingerprint density at radius 3 is 0.933 bits per heavy atom. The smallest absolute Gasteiger partial charge is 0.550 e. The monoisotopic (exact) mass is 262 g/mol. The van der Waals surface area contributed by atoms with Crippen LogP contribution in [-0.2, 0) is 20.0 Å². The van der Waals surface area contributed by atoms with Gasteiger partial charge in [0.15, 0.2) is 0 Å². The molecule has 80 valence electrons. The molecule has 0 fully saturated rings. The van der Waals surface area contributed by atoms with Crippen LogP contribution in [0.15, 0.2) is 0 Å². The largest absolute Gasteiger partial charge is 1.00 e. The molecular formula is C4H8Na2O8S. The molecule has 0 spiro atoms. The van der Waals surface area contributed by atoms with Gasteiger partial charge in [-0.25, -0.2) is 0 Å². The van der Waals surface area contributed by atoms with Gasteiger partial charge in [-0.2, -0.15) is 8.42 Å². The van der Waals surface area contributed by atoms with Gasteiger partial charge in [-0.3, -0.25) is 9.11 Å². The van der Waals surface area contributed by atoms with Crippen LogP contribution in [0.1, 0.15) is 13.8 Å². The van der Waals surface area contributed by atoms with Crippen molar-refractivity contribution in [3.63, 3.8) is 0 Å². The summed E-state index contributed by atoms with van der Waals surface area (Å²) in [5.74, 6) is -2.17. The van der Waals surface area contributed by atoms with Crippen LogP contribution in [-0.4, -0.2) is 29.5 Å². The second kappa shape index (κ2) is 17.2.